The molecule has 1 unspecified atom stereocenters. The van der Waals surface area contributed by atoms with Crippen molar-refractivity contribution in [1.29, 1.82) is 5.26 Å². The maximum atomic E-state index is 11.9. The fraction of sp³-hybridized carbons (Fsp3) is 0.364. The lowest BCUT2D eigenvalue weighted by atomic mass is 10.2. The minimum atomic E-state index is -0.388. The zero-order valence-electron chi connectivity index (χ0n) is 9.21. The van der Waals surface area contributed by atoms with Crippen LogP contribution in [0.2, 0.25) is 0 Å². The summed E-state index contributed by atoms with van der Waals surface area (Å²) in [4.78, 5) is 17.1. The molecule has 16 heavy (non-hydrogen) atoms. The van der Waals surface area contributed by atoms with Gasteiger partial charge >= 0.3 is 0 Å². The molecule has 5 heteroatoms. The van der Waals surface area contributed by atoms with Crippen LogP contribution in [0.4, 0.5) is 0 Å². The van der Waals surface area contributed by atoms with Gasteiger partial charge in [0.15, 0.2) is 5.69 Å². The average molecular weight is 219 g/mol. The Balaban J connectivity index is 2.87. The molecule has 1 heterocycles. The van der Waals surface area contributed by atoms with Crippen molar-refractivity contribution >= 4 is 5.91 Å². The van der Waals surface area contributed by atoms with E-state index in [-0.39, 0.29) is 29.8 Å². The first-order valence-electron chi connectivity index (χ1n) is 4.86. The molecule has 0 saturated heterocycles. The van der Waals surface area contributed by atoms with Gasteiger partial charge in [0, 0.05) is 19.3 Å². The van der Waals surface area contributed by atoms with Gasteiger partial charge in [-0.2, -0.15) is 5.26 Å². The highest BCUT2D eigenvalue weighted by Crippen LogP contribution is 2.16. The molecule has 0 radical (unpaired) electrons. The first-order chi connectivity index (χ1) is 7.57. The molecule has 5 nitrogen and oxygen atoms in total. The maximum absolute atomic E-state index is 11.9. The number of nitriles is 1. The summed E-state index contributed by atoms with van der Waals surface area (Å²) in [6.07, 6.45) is 1.69. The second-order valence-corrected chi connectivity index (χ2v) is 3.50. The van der Waals surface area contributed by atoms with Gasteiger partial charge in [0.25, 0.3) is 5.91 Å². The van der Waals surface area contributed by atoms with Crippen molar-refractivity contribution in [2.45, 2.75) is 19.4 Å². The summed E-state index contributed by atoms with van der Waals surface area (Å²) in [7, 11) is 1.58. The van der Waals surface area contributed by atoms with E-state index < -0.39 is 0 Å². The third kappa shape index (κ3) is 2.48. The molecule has 1 atom stereocenters. The van der Waals surface area contributed by atoms with Crippen molar-refractivity contribution in [2.75, 3.05) is 7.05 Å². The van der Waals surface area contributed by atoms with Crippen LogP contribution >= 0.6 is 0 Å². The monoisotopic (exact) mass is 219 g/mol. The van der Waals surface area contributed by atoms with Gasteiger partial charge in [-0.05, 0) is 19.1 Å². The van der Waals surface area contributed by atoms with Crippen molar-refractivity contribution in [3.8, 4) is 11.8 Å². The summed E-state index contributed by atoms with van der Waals surface area (Å²) < 4.78 is 0. The number of amides is 1. The van der Waals surface area contributed by atoms with E-state index in [0.29, 0.717) is 0 Å². The van der Waals surface area contributed by atoms with Gasteiger partial charge in [-0.15, -0.1) is 0 Å². The second kappa shape index (κ2) is 5.12. The first-order valence-corrected chi connectivity index (χ1v) is 4.86. The molecule has 0 aliphatic rings. The van der Waals surface area contributed by atoms with Crippen LogP contribution in [0.1, 0.15) is 23.8 Å². The summed E-state index contributed by atoms with van der Waals surface area (Å²) in [6.45, 7) is 1.76. The van der Waals surface area contributed by atoms with Crippen molar-refractivity contribution in [1.82, 2.24) is 9.88 Å². The van der Waals surface area contributed by atoms with Gasteiger partial charge in [-0.3, -0.25) is 4.79 Å². The fourth-order valence-electron chi connectivity index (χ4n) is 1.20. The Morgan fingerprint density at radius 2 is 2.44 bits per heavy atom. The van der Waals surface area contributed by atoms with E-state index >= 15 is 0 Å². The van der Waals surface area contributed by atoms with E-state index in [1.54, 1.807) is 20.0 Å². The molecule has 1 aromatic heterocycles. The number of nitrogens with zero attached hydrogens (tertiary/aromatic N) is 3. The Morgan fingerprint density at radius 3 is 3.00 bits per heavy atom. The van der Waals surface area contributed by atoms with Crippen LogP contribution in [-0.4, -0.2) is 34.0 Å². The third-order valence-electron chi connectivity index (χ3n) is 2.36. The Kier molecular flexibility index (Phi) is 3.84. The normalized spacial score (nSPS) is 11.6. The van der Waals surface area contributed by atoms with Gasteiger partial charge in [0.2, 0.25) is 0 Å². The van der Waals surface area contributed by atoms with Crippen LogP contribution in [0.15, 0.2) is 18.3 Å². The van der Waals surface area contributed by atoms with Crippen LogP contribution in [0.25, 0.3) is 0 Å². The summed E-state index contributed by atoms with van der Waals surface area (Å²) in [5.41, 5.74) is 0.00906. The lowest BCUT2D eigenvalue weighted by Crippen LogP contribution is -2.35. The minimum absolute atomic E-state index is 0.00906. The predicted molar refractivity (Wildman–Crippen MR) is 57.7 cm³/mol. The van der Waals surface area contributed by atoms with E-state index in [1.165, 1.54) is 17.2 Å². The van der Waals surface area contributed by atoms with E-state index in [9.17, 15) is 9.90 Å². The Bertz CT molecular complexity index is 425. The number of hydrogen-bond acceptors (Lipinski definition) is 4. The number of rotatable bonds is 3. The van der Waals surface area contributed by atoms with Gasteiger partial charge in [0.1, 0.15) is 5.75 Å². The predicted octanol–water partition coefficient (Wildman–Crippen LogP) is 1.16. The highest BCUT2D eigenvalue weighted by Gasteiger charge is 2.20. The number of aromatic nitrogens is 1. The van der Waals surface area contributed by atoms with Crippen molar-refractivity contribution in [3.63, 3.8) is 0 Å². The SMILES string of the molecule is CC(CC#N)N(C)C(=O)c1ncccc1O. The van der Waals surface area contributed by atoms with E-state index in [1.807, 2.05) is 6.07 Å². The Hall–Kier alpha value is -2.09. The molecule has 0 aliphatic carbocycles. The zero-order chi connectivity index (χ0) is 12.1. The number of hydrogen-bond donors (Lipinski definition) is 1. The molecular weight excluding hydrogens is 206 g/mol. The first kappa shape index (κ1) is 12.0. The van der Waals surface area contributed by atoms with Crippen molar-refractivity contribution in [3.05, 3.63) is 24.0 Å². The van der Waals surface area contributed by atoms with Crippen molar-refractivity contribution < 1.29 is 9.90 Å². The summed E-state index contributed by atoms with van der Waals surface area (Å²) in [5.74, 6) is -0.538. The molecule has 0 aliphatic heterocycles. The van der Waals surface area contributed by atoms with Crippen LogP contribution in [0, 0.1) is 11.3 Å². The number of pyridine rings is 1. The molecule has 1 rings (SSSR count). The summed E-state index contributed by atoms with van der Waals surface area (Å²) in [5, 5.41) is 18.0. The third-order valence-corrected chi connectivity index (χ3v) is 2.36. The summed E-state index contributed by atoms with van der Waals surface area (Å²) in [6, 6.07) is 4.74. The Labute approximate surface area is 93.9 Å². The molecule has 0 fully saturated rings. The van der Waals surface area contributed by atoms with Crippen molar-refractivity contribution in [2.24, 2.45) is 0 Å². The Morgan fingerprint density at radius 1 is 1.75 bits per heavy atom. The highest BCUT2D eigenvalue weighted by atomic mass is 16.3. The molecule has 0 spiro atoms. The lowest BCUT2D eigenvalue weighted by Gasteiger charge is -2.22. The standard InChI is InChI=1S/C11H13N3O2/c1-8(5-6-12)14(2)11(16)10-9(15)4-3-7-13-10/h3-4,7-8,15H,5H2,1-2H3. The van der Waals surface area contributed by atoms with Gasteiger partial charge < -0.3 is 10.0 Å². The lowest BCUT2D eigenvalue weighted by molar-refractivity contribution is 0.0737. The van der Waals surface area contributed by atoms with Gasteiger partial charge in [-0.1, -0.05) is 0 Å². The van der Waals surface area contributed by atoms with Crippen LogP contribution in [0.3, 0.4) is 0 Å². The van der Waals surface area contributed by atoms with Gasteiger partial charge in [0.05, 0.1) is 12.5 Å². The number of aromatic hydroxyl groups is 1. The van der Waals surface area contributed by atoms with Crippen LogP contribution < -0.4 is 0 Å². The second-order valence-electron chi connectivity index (χ2n) is 3.50. The zero-order valence-corrected chi connectivity index (χ0v) is 9.21. The molecule has 0 saturated carbocycles. The molecular formula is C11H13N3O2. The minimum Gasteiger partial charge on any atom is -0.505 e. The number of carbonyl (C=O) groups is 1. The summed E-state index contributed by atoms with van der Waals surface area (Å²) >= 11 is 0. The average Bonchev–Trinajstić information content (AvgIpc) is 2.28. The smallest absolute Gasteiger partial charge is 0.276 e. The molecule has 84 valence electrons. The highest BCUT2D eigenvalue weighted by molar-refractivity contribution is 5.94. The molecule has 0 aromatic carbocycles. The molecule has 1 amide bonds. The van der Waals surface area contributed by atoms with Gasteiger partial charge in [-0.25, -0.2) is 4.98 Å². The van der Waals surface area contributed by atoms with E-state index in [0.717, 1.165) is 0 Å². The largest absolute Gasteiger partial charge is 0.505 e. The quantitative estimate of drug-likeness (QED) is 0.827. The fourth-order valence-corrected chi connectivity index (χ4v) is 1.20. The molecule has 1 aromatic rings. The topological polar surface area (TPSA) is 77.2 Å². The van der Waals surface area contributed by atoms with Crippen LogP contribution in [-0.2, 0) is 0 Å². The number of carbonyl (C=O) groups excluding carboxylic acids is 1. The maximum Gasteiger partial charge on any atom is 0.276 e. The molecule has 0 bridgehead atoms. The molecule has 1 N–H and O–H groups in total. The van der Waals surface area contributed by atoms with E-state index in [4.69, 9.17) is 5.26 Å². The van der Waals surface area contributed by atoms with E-state index in [2.05, 4.69) is 4.98 Å². The van der Waals surface area contributed by atoms with Crippen LogP contribution in [0.5, 0.6) is 5.75 Å².